The van der Waals surface area contributed by atoms with Crippen LogP contribution in [0, 0.1) is 6.92 Å². The zero-order chi connectivity index (χ0) is 20.6. The number of fused-ring (bicyclic) bond motifs is 1. The molecule has 0 fully saturated rings. The fourth-order valence-electron chi connectivity index (χ4n) is 3.23. The van der Waals surface area contributed by atoms with Crippen LogP contribution in [0.4, 0.5) is 10.5 Å². The minimum absolute atomic E-state index is 0.138. The van der Waals surface area contributed by atoms with E-state index in [-0.39, 0.29) is 18.2 Å². The van der Waals surface area contributed by atoms with Crippen molar-refractivity contribution < 1.29 is 19.4 Å². The Morgan fingerprint density at radius 1 is 1.29 bits per heavy atom. The minimum atomic E-state index is -0.580. The Morgan fingerprint density at radius 2 is 2.00 bits per heavy atom. The SMILES string of the molecule is Cc1cc(O)ccc1NC(=O)c1nn(C)c2c1CN(C(=O)OC(C)(C)C)CC2. The molecule has 2 amide bonds. The van der Waals surface area contributed by atoms with Crippen LogP contribution in [0.15, 0.2) is 18.2 Å². The number of amides is 2. The summed E-state index contributed by atoms with van der Waals surface area (Å²) in [7, 11) is 1.80. The van der Waals surface area contributed by atoms with E-state index in [1.165, 1.54) is 6.07 Å². The third-order valence-electron chi connectivity index (χ3n) is 4.57. The van der Waals surface area contributed by atoms with Gasteiger partial charge in [-0.15, -0.1) is 0 Å². The summed E-state index contributed by atoms with van der Waals surface area (Å²) in [5.74, 6) is -0.213. The molecule has 1 aromatic carbocycles. The van der Waals surface area contributed by atoms with E-state index in [0.29, 0.717) is 24.3 Å². The highest BCUT2D eigenvalue weighted by molar-refractivity contribution is 6.04. The third-order valence-corrected chi connectivity index (χ3v) is 4.57. The van der Waals surface area contributed by atoms with Crippen LogP contribution in [0.3, 0.4) is 0 Å². The number of carbonyl (C=O) groups is 2. The second kappa shape index (κ2) is 7.18. The summed E-state index contributed by atoms with van der Waals surface area (Å²) in [6, 6.07) is 4.74. The largest absolute Gasteiger partial charge is 0.508 e. The molecule has 2 heterocycles. The fourth-order valence-corrected chi connectivity index (χ4v) is 3.23. The molecule has 2 aromatic rings. The summed E-state index contributed by atoms with van der Waals surface area (Å²) in [6.07, 6.45) is 0.201. The van der Waals surface area contributed by atoms with Crippen LogP contribution in [-0.2, 0) is 24.8 Å². The second-order valence-corrected chi connectivity index (χ2v) is 8.00. The molecule has 0 saturated heterocycles. The van der Waals surface area contributed by atoms with Crippen LogP contribution < -0.4 is 5.32 Å². The maximum atomic E-state index is 12.9. The molecule has 0 bridgehead atoms. The van der Waals surface area contributed by atoms with Crippen molar-refractivity contribution in [3.05, 3.63) is 40.7 Å². The summed E-state index contributed by atoms with van der Waals surface area (Å²) in [4.78, 5) is 26.9. The van der Waals surface area contributed by atoms with Crippen molar-refractivity contribution in [3.63, 3.8) is 0 Å². The molecule has 1 aromatic heterocycles. The predicted molar refractivity (Wildman–Crippen MR) is 104 cm³/mol. The molecule has 1 aliphatic rings. The third kappa shape index (κ3) is 4.11. The number of phenols is 1. The van der Waals surface area contributed by atoms with Gasteiger partial charge >= 0.3 is 6.09 Å². The molecule has 0 saturated carbocycles. The lowest BCUT2D eigenvalue weighted by Gasteiger charge is -2.30. The standard InChI is InChI=1S/C20H26N4O4/c1-12-10-13(25)6-7-15(12)21-18(26)17-14-11-24(19(27)28-20(2,3)4)9-8-16(14)23(5)22-17/h6-7,10,25H,8-9,11H2,1-5H3,(H,21,26). The number of hydrogen-bond acceptors (Lipinski definition) is 5. The topological polar surface area (TPSA) is 96.7 Å². The van der Waals surface area contributed by atoms with Crippen molar-refractivity contribution in [3.8, 4) is 5.75 Å². The molecule has 0 atom stereocenters. The number of hydrogen-bond donors (Lipinski definition) is 2. The number of ether oxygens (including phenoxy) is 1. The van der Waals surface area contributed by atoms with Crippen LogP contribution in [0.5, 0.6) is 5.75 Å². The molecule has 8 nitrogen and oxygen atoms in total. The van der Waals surface area contributed by atoms with Gasteiger partial charge in [0.15, 0.2) is 5.69 Å². The first kappa shape index (κ1) is 19.7. The summed E-state index contributed by atoms with van der Waals surface area (Å²) < 4.78 is 7.15. The molecule has 3 rings (SSSR count). The van der Waals surface area contributed by atoms with Crippen molar-refractivity contribution in [2.45, 2.75) is 46.3 Å². The summed E-state index contributed by atoms with van der Waals surface area (Å²) in [5.41, 5.74) is 2.72. The van der Waals surface area contributed by atoms with Crippen molar-refractivity contribution in [1.82, 2.24) is 14.7 Å². The van der Waals surface area contributed by atoms with Gasteiger partial charge in [-0.1, -0.05) is 0 Å². The number of nitrogens with zero attached hydrogens (tertiary/aromatic N) is 3. The highest BCUT2D eigenvalue weighted by atomic mass is 16.6. The molecule has 150 valence electrons. The van der Waals surface area contributed by atoms with Crippen LogP contribution in [0.1, 0.15) is 48.1 Å². The van der Waals surface area contributed by atoms with E-state index in [9.17, 15) is 14.7 Å². The maximum Gasteiger partial charge on any atom is 0.410 e. The number of aromatic hydroxyl groups is 1. The maximum absolute atomic E-state index is 12.9. The molecule has 0 spiro atoms. The normalized spacial score (nSPS) is 13.8. The van der Waals surface area contributed by atoms with E-state index in [1.54, 1.807) is 35.7 Å². The lowest BCUT2D eigenvalue weighted by Crippen LogP contribution is -2.40. The Labute approximate surface area is 164 Å². The van der Waals surface area contributed by atoms with Crippen LogP contribution in [0.25, 0.3) is 0 Å². The van der Waals surface area contributed by atoms with Gasteiger partial charge in [-0.2, -0.15) is 5.10 Å². The summed E-state index contributed by atoms with van der Waals surface area (Å²) in [5, 5.41) is 16.8. The highest BCUT2D eigenvalue weighted by Crippen LogP contribution is 2.26. The monoisotopic (exact) mass is 386 g/mol. The van der Waals surface area contributed by atoms with Gasteiger partial charge < -0.3 is 20.1 Å². The Bertz CT molecular complexity index is 927. The Balaban J connectivity index is 1.83. The first-order chi connectivity index (χ1) is 13.0. The molecule has 28 heavy (non-hydrogen) atoms. The minimum Gasteiger partial charge on any atom is -0.508 e. The fraction of sp³-hybridized carbons (Fsp3) is 0.450. The van der Waals surface area contributed by atoms with E-state index in [4.69, 9.17) is 4.74 Å². The summed E-state index contributed by atoms with van der Waals surface area (Å²) in [6.45, 7) is 8.05. The van der Waals surface area contributed by atoms with E-state index >= 15 is 0 Å². The number of aromatic nitrogens is 2. The predicted octanol–water partition coefficient (Wildman–Crippen LogP) is 2.98. The number of nitrogens with one attached hydrogen (secondary N) is 1. The van der Waals surface area contributed by atoms with Gasteiger partial charge in [-0.25, -0.2) is 4.79 Å². The van der Waals surface area contributed by atoms with E-state index < -0.39 is 11.7 Å². The Kier molecular flexibility index (Phi) is 5.06. The Morgan fingerprint density at radius 3 is 2.64 bits per heavy atom. The number of aryl methyl sites for hydroxylation is 2. The first-order valence-corrected chi connectivity index (χ1v) is 9.19. The van der Waals surface area contributed by atoms with E-state index in [0.717, 1.165) is 16.8 Å². The smallest absolute Gasteiger partial charge is 0.410 e. The van der Waals surface area contributed by atoms with Crippen LogP contribution in [0.2, 0.25) is 0 Å². The first-order valence-electron chi connectivity index (χ1n) is 9.19. The van der Waals surface area contributed by atoms with Gasteiger partial charge in [-0.05, 0) is 51.5 Å². The lowest BCUT2D eigenvalue weighted by atomic mass is 10.0. The Hall–Kier alpha value is -3.03. The number of benzene rings is 1. The molecule has 0 aliphatic carbocycles. The average Bonchev–Trinajstić information content (AvgIpc) is 2.92. The van der Waals surface area contributed by atoms with Crippen molar-refractivity contribution in [2.75, 3.05) is 11.9 Å². The van der Waals surface area contributed by atoms with Gasteiger partial charge in [0.2, 0.25) is 0 Å². The molecule has 8 heteroatoms. The number of anilines is 1. The molecular formula is C20H26N4O4. The molecule has 0 unspecified atom stereocenters. The van der Waals surface area contributed by atoms with Gasteiger partial charge in [0.05, 0.1) is 6.54 Å². The van der Waals surface area contributed by atoms with Crippen molar-refractivity contribution >= 4 is 17.7 Å². The van der Waals surface area contributed by atoms with E-state index in [1.807, 2.05) is 20.8 Å². The van der Waals surface area contributed by atoms with Gasteiger partial charge in [0.1, 0.15) is 11.4 Å². The quantitative estimate of drug-likeness (QED) is 0.774. The number of carbonyl (C=O) groups excluding carboxylic acids is 2. The van der Waals surface area contributed by atoms with Crippen molar-refractivity contribution in [2.24, 2.45) is 7.05 Å². The van der Waals surface area contributed by atoms with E-state index in [2.05, 4.69) is 10.4 Å². The summed E-state index contributed by atoms with van der Waals surface area (Å²) >= 11 is 0. The molecule has 0 radical (unpaired) electrons. The van der Waals surface area contributed by atoms with Gasteiger partial charge in [-0.3, -0.25) is 9.48 Å². The zero-order valence-electron chi connectivity index (χ0n) is 16.9. The van der Waals surface area contributed by atoms with Crippen LogP contribution in [-0.4, -0.2) is 43.9 Å². The molecular weight excluding hydrogens is 360 g/mol. The molecule has 1 aliphatic heterocycles. The highest BCUT2D eigenvalue weighted by Gasteiger charge is 2.31. The zero-order valence-corrected chi connectivity index (χ0v) is 16.9. The molecule has 2 N–H and O–H groups in total. The number of phenolic OH excluding ortho intramolecular Hbond substituents is 1. The number of rotatable bonds is 2. The van der Waals surface area contributed by atoms with Gasteiger partial charge in [0, 0.05) is 37.0 Å². The van der Waals surface area contributed by atoms with Crippen molar-refractivity contribution in [1.29, 1.82) is 0 Å². The second-order valence-electron chi connectivity index (χ2n) is 8.00. The van der Waals surface area contributed by atoms with Crippen LogP contribution >= 0.6 is 0 Å². The lowest BCUT2D eigenvalue weighted by molar-refractivity contribution is 0.0222. The van der Waals surface area contributed by atoms with Gasteiger partial charge in [0.25, 0.3) is 5.91 Å². The average molecular weight is 386 g/mol.